The summed E-state index contributed by atoms with van der Waals surface area (Å²) in [6.07, 6.45) is 7.90. The van der Waals surface area contributed by atoms with Crippen LogP contribution in [0.15, 0.2) is 12.2 Å². The van der Waals surface area contributed by atoms with Crippen LogP contribution in [-0.4, -0.2) is 0 Å². The molecule has 0 saturated carbocycles. The van der Waals surface area contributed by atoms with Gasteiger partial charge in [0.25, 0.3) is 0 Å². The van der Waals surface area contributed by atoms with Crippen molar-refractivity contribution in [2.24, 2.45) is 5.92 Å². The minimum atomic E-state index is 0.713. The van der Waals surface area contributed by atoms with Crippen LogP contribution in [0.4, 0.5) is 0 Å². The van der Waals surface area contributed by atoms with E-state index in [1.807, 2.05) is 0 Å². The van der Waals surface area contributed by atoms with Gasteiger partial charge in [-0.2, -0.15) is 0 Å². The van der Waals surface area contributed by atoms with E-state index < -0.39 is 0 Å². The Hall–Kier alpha value is -0.260. The summed E-state index contributed by atoms with van der Waals surface area (Å²) in [5.74, 6) is 0.713. The van der Waals surface area contributed by atoms with Crippen LogP contribution in [0.25, 0.3) is 0 Å². The second kappa shape index (κ2) is 5.87. The second-order valence-electron chi connectivity index (χ2n) is 2.29. The van der Waals surface area contributed by atoms with Crippen LogP contribution in [-0.2, 0) is 0 Å². The first kappa shape index (κ1) is 8.74. The summed E-state index contributed by atoms with van der Waals surface area (Å²) in [5, 5.41) is 0. The predicted molar refractivity (Wildman–Crippen MR) is 43.2 cm³/mol. The molecule has 1 radical (unpaired) electrons. The molecule has 0 spiro atoms. The lowest BCUT2D eigenvalue weighted by Crippen LogP contribution is -1.89. The van der Waals surface area contributed by atoms with Crippen molar-refractivity contribution in [3.05, 3.63) is 19.1 Å². The van der Waals surface area contributed by atoms with Gasteiger partial charge >= 0.3 is 0 Å². The van der Waals surface area contributed by atoms with Crippen LogP contribution in [0, 0.1) is 12.8 Å². The highest BCUT2D eigenvalue weighted by atomic mass is 14.0. The number of allylic oxidation sites excluding steroid dienone is 2. The summed E-state index contributed by atoms with van der Waals surface area (Å²) < 4.78 is 0. The van der Waals surface area contributed by atoms with Crippen LogP contribution in [0.1, 0.15) is 33.1 Å². The van der Waals surface area contributed by atoms with Crippen molar-refractivity contribution in [2.45, 2.75) is 33.1 Å². The molecule has 9 heavy (non-hydrogen) atoms. The van der Waals surface area contributed by atoms with Crippen LogP contribution in [0.3, 0.4) is 0 Å². The van der Waals surface area contributed by atoms with Crippen molar-refractivity contribution in [1.29, 1.82) is 0 Å². The average Bonchev–Trinajstić information content (AvgIpc) is 1.91. The molecule has 1 atom stereocenters. The Morgan fingerprint density at radius 3 is 2.44 bits per heavy atom. The molecule has 0 rings (SSSR count). The van der Waals surface area contributed by atoms with E-state index in [9.17, 15) is 0 Å². The fraction of sp³-hybridized carbons (Fsp3) is 0.667. The first-order valence-electron chi connectivity index (χ1n) is 3.81. The number of hydrogen-bond donors (Lipinski definition) is 0. The third-order valence-electron chi connectivity index (χ3n) is 1.54. The third-order valence-corrected chi connectivity index (χ3v) is 1.54. The van der Waals surface area contributed by atoms with Crippen molar-refractivity contribution >= 4 is 0 Å². The molecule has 1 unspecified atom stereocenters. The summed E-state index contributed by atoms with van der Waals surface area (Å²) >= 11 is 0. The summed E-state index contributed by atoms with van der Waals surface area (Å²) in [6.45, 7) is 8.22. The maximum Gasteiger partial charge on any atom is -0.0236 e. The molecule has 0 amide bonds. The highest BCUT2D eigenvalue weighted by molar-refractivity contribution is 4.87. The molecular weight excluding hydrogens is 108 g/mol. The molecule has 0 nitrogen and oxygen atoms in total. The lowest BCUT2D eigenvalue weighted by molar-refractivity contribution is 0.634. The first-order chi connectivity index (χ1) is 4.35. The highest BCUT2D eigenvalue weighted by Crippen LogP contribution is 2.08. The Morgan fingerprint density at radius 1 is 1.44 bits per heavy atom. The summed E-state index contributed by atoms with van der Waals surface area (Å²) in [6, 6.07) is 0. The monoisotopic (exact) mass is 125 g/mol. The van der Waals surface area contributed by atoms with E-state index in [4.69, 9.17) is 0 Å². The zero-order chi connectivity index (χ0) is 7.11. The van der Waals surface area contributed by atoms with Gasteiger partial charge in [0.2, 0.25) is 0 Å². The van der Waals surface area contributed by atoms with Crippen molar-refractivity contribution < 1.29 is 0 Å². The predicted octanol–water partition coefficient (Wildman–Crippen LogP) is 3.20. The van der Waals surface area contributed by atoms with E-state index >= 15 is 0 Å². The second-order valence-corrected chi connectivity index (χ2v) is 2.29. The molecule has 0 aromatic heterocycles. The molecule has 0 aliphatic carbocycles. The van der Waals surface area contributed by atoms with E-state index in [1.165, 1.54) is 6.42 Å². The Balaban J connectivity index is 3.41. The average molecular weight is 125 g/mol. The zero-order valence-electron chi connectivity index (χ0n) is 6.56. The van der Waals surface area contributed by atoms with Crippen LogP contribution < -0.4 is 0 Å². The normalized spacial score (nSPS) is 11.6. The molecule has 0 saturated heterocycles. The summed E-state index contributed by atoms with van der Waals surface area (Å²) in [4.78, 5) is 0. The Labute approximate surface area is 59.0 Å². The lowest BCUT2D eigenvalue weighted by Gasteiger charge is -2.03. The van der Waals surface area contributed by atoms with Crippen molar-refractivity contribution in [2.75, 3.05) is 0 Å². The summed E-state index contributed by atoms with van der Waals surface area (Å²) in [5.41, 5.74) is 0. The zero-order valence-corrected chi connectivity index (χ0v) is 6.56. The van der Waals surface area contributed by atoms with Crippen LogP contribution in [0.5, 0.6) is 0 Å². The van der Waals surface area contributed by atoms with Gasteiger partial charge in [0.15, 0.2) is 0 Å². The highest BCUT2D eigenvalue weighted by Gasteiger charge is 1.94. The van der Waals surface area contributed by atoms with Gasteiger partial charge in [0, 0.05) is 0 Å². The van der Waals surface area contributed by atoms with Gasteiger partial charge in [-0.3, -0.25) is 0 Å². The number of hydrogen-bond acceptors (Lipinski definition) is 0. The van der Waals surface area contributed by atoms with Crippen LogP contribution in [0.2, 0.25) is 0 Å². The standard InChI is InChI=1S/C9H17/c1-4-7-8-9(5-2)6-3/h7-9H,2,4-6H2,1,3H3/b8-7+. The molecular formula is C9H17. The minimum absolute atomic E-state index is 0.713. The van der Waals surface area contributed by atoms with Crippen molar-refractivity contribution in [3.8, 4) is 0 Å². The third kappa shape index (κ3) is 4.26. The number of rotatable bonds is 4. The fourth-order valence-electron chi connectivity index (χ4n) is 0.765. The van der Waals surface area contributed by atoms with Gasteiger partial charge in [0.05, 0.1) is 0 Å². The Kier molecular flexibility index (Phi) is 5.70. The Bertz CT molecular complexity index is 68.1. The lowest BCUT2D eigenvalue weighted by atomic mass is 10.0. The topological polar surface area (TPSA) is 0 Å². The maximum atomic E-state index is 3.86. The van der Waals surface area contributed by atoms with E-state index in [0.717, 1.165) is 12.8 Å². The molecule has 0 aromatic carbocycles. The maximum absolute atomic E-state index is 3.86. The largest absolute Gasteiger partial charge is 0.0885 e. The molecule has 0 N–H and O–H groups in total. The molecule has 0 fully saturated rings. The van der Waals surface area contributed by atoms with Gasteiger partial charge in [-0.05, 0) is 25.2 Å². The summed E-state index contributed by atoms with van der Waals surface area (Å²) in [7, 11) is 0. The molecule has 0 heteroatoms. The van der Waals surface area contributed by atoms with Gasteiger partial charge in [0.1, 0.15) is 0 Å². The molecule has 0 aromatic rings. The smallest absolute Gasteiger partial charge is 0.0236 e. The van der Waals surface area contributed by atoms with Gasteiger partial charge in [-0.1, -0.05) is 32.9 Å². The SMILES string of the molecule is [CH2]CC(/C=C/CC)CC. The van der Waals surface area contributed by atoms with Gasteiger partial charge < -0.3 is 0 Å². The van der Waals surface area contributed by atoms with Gasteiger partial charge in [-0.25, -0.2) is 0 Å². The molecule has 0 heterocycles. The quantitative estimate of drug-likeness (QED) is 0.506. The van der Waals surface area contributed by atoms with Gasteiger partial charge in [-0.15, -0.1) is 0 Å². The molecule has 0 aliphatic rings. The first-order valence-corrected chi connectivity index (χ1v) is 3.81. The van der Waals surface area contributed by atoms with Crippen molar-refractivity contribution in [3.63, 3.8) is 0 Å². The Morgan fingerprint density at radius 2 is 2.11 bits per heavy atom. The minimum Gasteiger partial charge on any atom is -0.0885 e. The van der Waals surface area contributed by atoms with E-state index in [1.54, 1.807) is 0 Å². The van der Waals surface area contributed by atoms with E-state index in [-0.39, 0.29) is 0 Å². The molecule has 0 aliphatic heterocycles. The molecule has 53 valence electrons. The van der Waals surface area contributed by atoms with Crippen LogP contribution >= 0.6 is 0 Å². The van der Waals surface area contributed by atoms with Crippen molar-refractivity contribution in [1.82, 2.24) is 0 Å². The van der Waals surface area contributed by atoms with E-state index in [0.29, 0.717) is 5.92 Å². The fourth-order valence-corrected chi connectivity index (χ4v) is 0.765. The molecule has 0 bridgehead atoms. The van der Waals surface area contributed by atoms with E-state index in [2.05, 4.69) is 32.9 Å².